The van der Waals surface area contributed by atoms with Gasteiger partial charge in [0.1, 0.15) is 12.1 Å². The van der Waals surface area contributed by atoms with Gasteiger partial charge in [0, 0.05) is 32.4 Å². The quantitative estimate of drug-likeness (QED) is 0.0716. The summed E-state index contributed by atoms with van der Waals surface area (Å²) in [4.78, 5) is 75.1. The lowest BCUT2D eigenvalue weighted by Gasteiger charge is -2.27. The van der Waals surface area contributed by atoms with Gasteiger partial charge in [-0.25, -0.2) is 9.59 Å². The van der Waals surface area contributed by atoms with Crippen molar-refractivity contribution in [3.05, 3.63) is 65.2 Å². The summed E-state index contributed by atoms with van der Waals surface area (Å²) < 4.78 is 21.9. The zero-order valence-corrected chi connectivity index (χ0v) is 33.4. The van der Waals surface area contributed by atoms with Crippen molar-refractivity contribution in [2.75, 3.05) is 70.8 Å². The van der Waals surface area contributed by atoms with Crippen LogP contribution in [0, 0.1) is 5.92 Å². The van der Waals surface area contributed by atoms with Gasteiger partial charge in [-0.1, -0.05) is 68.5 Å². The predicted octanol–water partition coefficient (Wildman–Crippen LogP) is 2.22. The SMILES string of the molecule is CC(C)[C@H](NC(=O)CCOCCOCCOCCOCCNC(=O)CCC(=O)N1Cc2ccccc2/C=C\c2ccccc21)C(=O)N[C@@H](CCCNC(N)=O)C(=O)O. The lowest BCUT2D eigenvalue weighted by Crippen LogP contribution is -2.53. The smallest absolute Gasteiger partial charge is 0.326 e. The van der Waals surface area contributed by atoms with Crippen LogP contribution in [-0.4, -0.2) is 119 Å². The maximum atomic E-state index is 13.3. The van der Waals surface area contributed by atoms with Gasteiger partial charge in [-0.15, -0.1) is 0 Å². The fourth-order valence-electron chi connectivity index (χ4n) is 5.82. The number of primary amides is 1. The zero-order chi connectivity index (χ0) is 42.1. The highest BCUT2D eigenvalue weighted by Crippen LogP contribution is 2.29. The second-order valence-corrected chi connectivity index (χ2v) is 13.7. The summed E-state index contributed by atoms with van der Waals surface area (Å²) in [7, 11) is 0. The molecule has 3 rings (SSSR count). The number of anilines is 1. The average Bonchev–Trinajstić information content (AvgIpc) is 3.19. The molecule has 0 radical (unpaired) electrons. The third-order valence-corrected chi connectivity index (χ3v) is 8.93. The number of hydrogen-bond acceptors (Lipinski definition) is 10. The van der Waals surface area contributed by atoms with E-state index >= 15 is 0 Å². The molecule has 0 bridgehead atoms. The molecular formula is C41H58N6O11. The van der Waals surface area contributed by atoms with Crippen molar-refractivity contribution >= 4 is 53.5 Å². The highest BCUT2D eigenvalue weighted by molar-refractivity contribution is 5.98. The van der Waals surface area contributed by atoms with Crippen molar-refractivity contribution in [2.45, 2.75) is 64.6 Å². The molecule has 1 aliphatic rings. The lowest BCUT2D eigenvalue weighted by molar-refractivity contribution is -0.142. The van der Waals surface area contributed by atoms with Crippen molar-refractivity contribution in [1.29, 1.82) is 0 Å². The molecule has 0 fully saturated rings. The van der Waals surface area contributed by atoms with E-state index in [1.54, 1.807) is 18.7 Å². The van der Waals surface area contributed by atoms with Crippen molar-refractivity contribution in [2.24, 2.45) is 11.7 Å². The van der Waals surface area contributed by atoms with Crippen molar-refractivity contribution in [1.82, 2.24) is 21.3 Å². The minimum absolute atomic E-state index is 0.00764. The number of carboxylic acid groups (broad SMARTS) is 1. The van der Waals surface area contributed by atoms with E-state index in [-0.39, 0.29) is 76.2 Å². The van der Waals surface area contributed by atoms with Gasteiger partial charge < -0.3 is 56.0 Å². The van der Waals surface area contributed by atoms with Gasteiger partial charge >= 0.3 is 12.0 Å². The number of aliphatic carboxylic acids is 1. The van der Waals surface area contributed by atoms with Crippen LogP contribution < -0.4 is 31.9 Å². The lowest BCUT2D eigenvalue weighted by atomic mass is 10.0. The number of urea groups is 1. The summed E-state index contributed by atoms with van der Waals surface area (Å²) in [6.07, 6.45) is 4.55. The summed E-state index contributed by atoms with van der Waals surface area (Å²) >= 11 is 0. The van der Waals surface area contributed by atoms with Crippen LogP contribution in [0.1, 0.15) is 62.6 Å². The second kappa shape index (κ2) is 26.5. The Bertz CT molecular complexity index is 1670. The Hall–Kier alpha value is -5.36. The minimum atomic E-state index is -1.23. The van der Waals surface area contributed by atoms with Crippen LogP contribution in [0.4, 0.5) is 10.5 Å². The number of carbonyl (C=O) groups is 6. The number of nitrogens with zero attached hydrogens (tertiary/aromatic N) is 1. The number of nitrogens with one attached hydrogen (secondary N) is 4. The molecule has 7 N–H and O–H groups in total. The van der Waals surface area contributed by atoms with Gasteiger partial charge in [0.2, 0.25) is 23.6 Å². The van der Waals surface area contributed by atoms with Gasteiger partial charge in [0.05, 0.1) is 65.1 Å². The molecule has 318 valence electrons. The van der Waals surface area contributed by atoms with Crippen molar-refractivity contribution in [3.8, 4) is 0 Å². The van der Waals surface area contributed by atoms with Crippen LogP contribution in [0.2, 0.25) is 0 Å². The number of ether oxygens (including phenoxy) is 4. The number of carboxylic acids is 1. The van der Waals surface area contributed by atoms with Crippen LogP contribution in [0.5, 0.6) is 0 Å². The Morgan fingerprint density at radius 3 is 1.97 bits per heavy atom. The fraction of sp³-hybridized carbons (Fsp3) is 0.512. The van der Waals surface area contributed by atoms with E-state index in [4.69, 9.17) is 24.7 Å². The molecule has 2 aromatic carbocycles. The normalized spacial score (nSPS) is 13.5. The average molecular weight is 811 g/mol. The first-order chi connectivity index (χ1) is 28.0. The van der Waals surface area contributed by atoms with Crippen LogP contribution in [0.3, 0.4) is 0 Å². The molecule has 6 amide bonds. The first-order valence-corrected chi connectivity index (χ1v) is 19.5. The van der Waals surface area contributed by atoms with E-state index in [9.17, 15) is 33.9 Å². The number of nitrogens with two attached hydrogens (primary N) is 1. The van der Waals surface area contributed by atoms with E-state index in [0.717, 1.165) is 22.4 Å². The first kappa shape index (κ1) is 47.0. The van der Waals surface area contributed by atoms with E-state index in [1.807, 2.05) is 54.6 Å². The molecule has 1 aliphatic heterocycles. The Morgan fingerprint density at radius 1 is 0.707 bits per heavy atom. The standard InChI is InChI=1S/C41H58N6O11/c1-29(2)38(39(51)45-33(40(52)53)11-7-18-44-41(42)54)46-36(49)17-20-55-22-24-57-26-27-58-25-23-56-21-19-43-35(48)15-16-37(50)47-28-32-10-4-3-8-30(32)13-14-31-9-5-6-12-34(31)47/h3-6,8-10,12-14,29,33,38H,7,11,15-28H2,1-2H3,(H,43,48)(H,45,51)(H,46,49)(H,52,53)(H3,42,44,54)/b14-13-/t33-,38-/m0/s1. The minimum Gasteiger partial charge on any atom is -0.480 e. The molecule has 2 aromatic rings. The van der Waals surface area contributed by atoms with Crippen molar-refractivity contribution in [3.63, 3.8) is 0 Å². The number of amides is 6. The summed E-state index contributed by atoms with van der Waals surface area (Å²) in [6.45, 7) is 6.62. The van der Waals surface area contributed by atoms with Crippen LogP contribution in [0.15, 0.2) is 48.5 Å². The maximum absolute atomic E-state index is 13.3. The van der Waals surface area contributed by atoms with Crippen LogP contribution in [-0.2, 0) is 49.5 Å². The number of benzene rings is 2. The molecule has 0 saturated heterocycles. The van der Waals surface area contributed by atoms with Gasteiger partial charge in [-0.3, -0.25) is 19.2 Å². The molecule has 0 saturated carbocycles. The van der Waals surface area contributed by atoms with E-state index in [1.165, 1.54) is 0 Å². The van der Waals surface area contributed by atoms with Crippen molar-refractivity contribution < 1.29 is 52.8 Å². The van der Waals surface area contributed by atoms with Gasteiger partial charge in [-0.2, -0.15) is 0 Å². The molecule has 0 aliphatic carbocycles. The topological polar surface area (TPSA) is 237 Å². The predicted molar refractivity (Wildman–Crippen MR) is 216 cm³/mol. The Labute approximate surface area is 339 Å². The molecular weight excluding hydrogens is 752 g/mol. The van der Waals surface area contributed by atoms with Gasteiger partial charge in [-0.05, 0) is 41.5 Å². The molecule has 0 unspecified atom stereocenters. The number of hydrogen-bond donors (Lipinski definition) is 6. The number of carbonyl (C=O) groups excluding carboxylic acids is 5. The summed E-state index contributed by atoms with van der Waals surface area (Å²) in [6, 6.07) is 12.8. The number of rotatable bonds is 27. The second-order valence-electron chi connectivity index (χ2n) is 13.7. The Balaban J connectivity index is 1.17. The monoisotopic (exact) mass is 810 g/mol. The number of fused-ring (bicyclic) bond motifs is 2. The fourth-order valence-corrected chi connectivity index (χ4v) is 5.82. The van der Waals surface area contributed by atoms with Gasteiger partial charge in [0.15, 0.2) is 0 Å². The molecule has 2 atom stereocenters. The van der Waals surface area contributed by atoms with E-state index in [0.29, 0.717) is 46.1 Å². The third kappa shape index (κ3) is 17.8. The van der Waals surface area contributed by atoms with E-state index < -0.39 is 35.9 Å². The van der Waals surface area contributed by atoms with Crippen LogP contribution >= 0.6 is 0 Å². The third-order valence-electron chi connectivity index (χ3n) is 8.93. The zero-order valence-electron chi connectivity index (χ0n) is 33.4. The molecule has 17 heteroatoms. The largest absolute Gasteiger partial charge is 0.480 e. The molecule has 0 aromatic heterocycles. The Morgan fingerprint density at radius 2 is 1.31 bits per heavy atom. The first-order valence-electron chi connectivity index (χ1n) is 19.5. The highest BCUT2D eigenvalue weighted by Gasteiger charge is 2.28. The maximum Gasteiger partial charge on any atom is 0.326 e. The summed E-state index contributed by atoms with van der Waals surface area (Å²) in [5, 5.41) is 19.7. The van der Waals surface area contributed by atoms with Crippen LogP contribution in [0.25, 0.3) is 12.2 Å². The molecule has 17 nitrogen and oxygen atoms in total. The summed E-state index contributed by atoms with van der Waals surface area (Å²) in [5.41, 5.74) is 8.84. The van der Waals surface area contributed by atoms with Gasteiger partial charge in [0.25, 0.3) is 0 Å². The highest BCUT2D eigenvalue weighted by atomic mass is 16.6. The number of para-hydroxylation sites is 1. The molecule has 1 heterocycles. The molecule has 0 spiro atoms. The molecule has 58 heavy (non-hydrogen) atoms. The Kier molecular flexibility index (Phi) is 21.5. The summed E-state index contributed by atoms with van der Waals surface area (Å²) in [5.74, 6) is -2.93. The van der Waals surface area contributed by atoms with E-state index in [2.05, 4.69) is 27.3 Å².